The summed E-state index contributed by atoms with van der Waals surface area (Å²) in [6.07, 6.45) is 5.55. The van der Waals surface area contributed by atoms with Gasteiger partial charge in [0.15, 0.2) is 4.80 Å². The maximum atomic E-state index is 13.5. The van der Waals surface area contributed by atoms with Gasteiger partial charge in [-0.1, -0.05) is 35.0 Å². The van der Waals surface area contributed by atoms with E-state index in [9.17, 15) is 9.18 Å². The van der Waals surface area contributed by atoms with E-state index in [1.54, 1.807) is 17.7 Å². The molecule has 0 saturated carbocycles. The van der Waals surface area contributed by atoms with Crippen molar-refractivity contribution in [2.45, 2.75) is 19.9 Å². The van der Waals surface area contributed by atoms with E-state index < -0.39 is 0 Å². The Morgan fingerprint density at radius 1 is 1.35 bits per heavy atom. The van der Waals surface area contributed by atoms with Crippen molar-refractivity contribution >= 4 is 27.5 Å². The van der Waals surface area contributed by atoms with Crippen molar-refractivity contribution < 1.29 is 13.9 Å². The SMILES string of the molecule is C#CCn1c(=NC(=O)Cc2cc(C)ccc2OC)sc2cc(F)ccc21. The first-order chi connectivity index (χ1) is 12.5. The van der Waals surface area contributed by atoms with Crippen LogP contribution in [0.1, 0.15) is 11.1 Å². The van der Waals surface area contributed by atoms with E-state index in [1.165, 1.54) is 23.5 Å². The zero-order valence-corrected chi connectivity index (χ0v) is 15.3. The minimum atomic E-state index is -0.339. The van der Waals surface area contributed by atoms with Crippen LogP contribution in [0.25, 0.3) is 10.2 Å². The van der Waals surface area contributed by atoms with Gasteiger partial charge in [-0.3, -0.25) is 4.79 Å². The van der Waals surface area contributed by atoms with E-state index in [-0.39, 0.29) is 24.7 Å². The maximum absolute atomic E-state index is 13.5. The van der Waals surface area contributed by atoms with Crippen LogP contribution < -0.4 is 9.54 Å². The van der Waals surface area contributed by atoms with Gasteiger partial charge in [0.05, 0.1) is 30.3 Å². The molecule has 26 heavy (non-hydrogen) atoms. The number of aryl methyl sites for hydroxylation is 1. The average molecular weight is 368 g/mol. The highest BCUT2D eigenvalue weighted by Gasteiger charge is 2.11. The molecule has 6 heteroatoms. The molecule has 0 aliphatic rings. The fourth-order valence-electron chi connectivity index (χ4n) is 2.73. The van der Waals surface area contributed by atoms with Crippen LogP contribution >= 0.6 is 11.3 Å². The van der Waals surface area contributed by atoms with Gasteiger partial charge in [0.25, 0.3) is 5.91 Å². The number of thiazole rings is 1. The van der Waals surface area contributed by atoms with Crippen molar-refractivity contribution in [3.63, 3.8) is 0 Å². The van der Waals surface area contributed by atoms with Crippen LogP contribution in [0.2, 0.25) is 0 Å². The zero-order valence-electron chi connectivity index (χ0n) is 14.5. The molecule has 4 nitrogen and oxygen atoms in total. The molecular weight excluding hydrogens is 351 g/mol. The number of hydrogen-bond acceptors (Lipinski definition) is 3. The van der Waals surface area contributed by atoms with Crippen LogP contribution in [0.15, 0.2) is 41.4 Å². The Bertz CT molecular complexity index is 1090. The Kier molecular flexibility index (Phi) is 5.19. The lowest BCUT2D eigenvalue weighted by molar-refractivity contribution is -0.117. The number of aromatic nitrogens is 1. The predicted molar refractivity (Wildman–Crippen MR) is 101 cm³/mol. The number of hydrogen-bond donors (Lipinski definition) is 0. The van der Waals surface area contributed by atoms with Gasteiger partial charge < -0.3 is 9.30 Å². The van der Waals surface area contributed by atoms with Crippen LogP contribution in [0.3, 0.4) is 0 Å². The fraction of sp³-hybridized carbons (Fsp3) is 0.200. The van der Waals surface area contributed by atoms with E-state index in [0.717, 1.165) is 16.6 Å². The number of carbonyl (C=O) groups is 1. The van der Waals surface area contributed by atoms with Crippen molar-refractivity contribution in [3.05, 3.63) is 58.1 Å². The summed E-state index contributed by atoms with van der Waals surface area (Å²) in [5.74, 6) is 2.55. The molecule has 1 heterocycles. The molecule has 0 aliphatic carbocycles. The first kappa shape index (κ1) is 17.9. The Hall–Kier alpha value is -2.91. The number of fused-ring (bicyclic) bond motifs is 1. The molecule has 1 aromatic heterocycles. The summed E-state index contributed by atoms with van der Waals surface area (Å²) < 4.78 is 21.2. The van der Waals surface area contributed by atoms with Crippen molar-refractivity contribution in [2.24, 2.45) is 4.99 Å². The molecule has 0 N–H and O–H groups in total. The number of halogens is 1. The number of methoxy groups -OCH3 is 1. The van der Waals surface area contributed by atoms with Gasteiger partial charge in [0.2, 0.25) is 0 Å². The molecule has 0 fully saturated rings. The van der Waals surface area contributed by atoms with Crippen molar-refractivity contribution in [1.82, 2.24) is 4.57 Å². The Labute approximate surface area is 154 Å². The third kappa shape index (κ3) is 3.68. The summed E-state index contributed by atoms with van der Waals surface area (Å²) in [5, 5.41) is 0. The second kappa shape index (κ2) is 7.54. The van der Waals surface area contributed by atoms with Crippen LogP contribution in [-0.4, -0.2) is 17.6 Å². The molecule has 1 amide bonds. The number of nitrogens with zero attached hydrogens (tertiary/aromatic N) is 2. The van der Waals surface area contributed by atoms with Crippen molar-refractivity contribution in [2.75, 3.05) is 7.11 Å². The highest BCUT2D eigenvalue weighted by atomic mass is 32.1. The molecule has 0 radical (unpaired) electrons. The lowest BCUT2D eigenvalue weighted by Gasteiger charge is -2.07. The first-order valence-corrected chi connectivity index (χ1v) is 8.77. The lowest BCUT2D eigenvalue weighted by Crippen LogP contribution is -2.17. The molecule has 0 saturated heterocycles. The summed E-state index contributed by atoms with van der Waals surface area (Å²) in [4.78, 5) is 17.2. The second-order valence-electron chi connectivity index (χ2n) is 5.78. The summed E-state index contributed by atoms with van der Waals surface area (Å²) in [6, 6.07) is 10.1. The van der Waals surface area contributed by atoms with Crippen LogP contribution in [0.4, 0.5) is 4.39 Å². The van der Waals surface area contributed by atoms with E-state index in [2.05, 4.69) is 10.9 Å². The summed E-state index contributed by atoms with van der Waals surface area (Å²) in [7, 11) is 1.57. The van der Waals surface area contributed by atoms with E-state index in [4.69, 9.17) is 11.2 Å². The number of benzene rings is 2. The van der Waals surface area contributed by atoms with Crippen molar-refractivity contribution in [1.29, 1.82) is 0 Å². The monoisotopic (exact) mass is 368 g/mol. The van der Waals surface area contributed by atoms with Gasteiger partial charge in [-0.25, -0.2) is 4.39 Å². The van der Waals surface area contributed by atoms with Gasteiger partial charge >= 0.3 is 0 Å². The number of rotatable bonds is 4. The van der Waals surface area contributed by atoms with Gasteiger partial charge in [0.1, 0.15) is 11.6 Å². The molecule has 0 atom stereocenters. The number of amides is 1. The smallest absolute Gasteiger partial charge is 0.252 e. The minimum absolute atomic E-state index is 0.115. The molecular formula is C20H17FN2O2S. The molecule has 132 valence electrons. The van der Waals surface area contributed by atoms with E-state index in [0.29, 0.717) is 15.3 Å². The molecule has 3 rings (SSSR count). The molecule has 2 aromatic carbocycles. The Balaban J connectivity index is 2.02. The molecule has 0 spiro atoms. The molecule has 0 unspecified atom stereocenters. The predicted octanol–water partition coefficient (Wildman–Crippen LogP) is 3.46. The summed E-state index contributed by atoms with van der Waals surface area (Å²) in [6.45, 7) is 2.21. The number of terminal acetylenes is 1. The largest absolute Gasteiger partial charge is 0.496 e. The van der Waals surface area contributed by atoms with Gasteiger partial charge in [-0.05, 0) is 31.2 Å². The number of carbonyl (C=O) groups excluding carboxylic acids is 1. The Morgan fingerprint density at radius 2 is 2.15 bits per heavy atom. The molecule has 0 aliphatic heterocycles. The zero-order chi connectivity index (χ0) is 18.7. The standard InChI is InChI=1S/C20H17FN2O2S/c1-4-9-23-16-7-6-15(21)12-18(16)26-20(23)22-19(24)11-14-10-13(2)5-8-17(14)25-3/h1,5-8,10,12H,9,11H2,2-3H3. The fourth-order valence-corrected chi connectivity index (χ4v) is 3.80. The van der Waals surface area contributed by atoms with Crippen molar-refractivity contribution in [3.8, 4) is 18.1 Å². The molecule has 3 aromatic rings. The van der Waals surface area contributed by atoms with Crippen LogP contribution in [0, 0.1) is 25.1 Å². The van der Waals surface area contributed by atoms with Crippen LogP contribution in [0.5, 0.6) is 5.75 Å². The third-order valence-electron chi connectivity index (χ3n) is 3.89. The number of ether oxygens (including phenoxy) is 1. The van der Waals surface area contributed by atoms with E-state index in [1.807, 2.05) is 25.1 Å². The normalized spacial score (nSPS) is 11.5. The van der Waals surface area contributed by atoms with Gasteiger partial charge in [-0.2, -0.15) is 4.99 Å². The third-order valence-corrected chi connectivity index (χ3v) is 4.93. The molecule has 0 bridgehead atoms. The highest BCUT2D eigenvalue weighted by Crippen LogP contribution is 2.21. The summed E-state index contributed by atoms with van der Waals surface area (Å²) >= 11 is 1.24. The lowest BCUT2D eigenvalue weighted by atomic mass is 10.1. The van der Waals surface area contributed by atoms with Crippen LogP contribution in [-0.2, 0) is 17.8 Å². The minimum Gasteiger partial charge on any atom is -0.496 e. The quantitative estimate of drug-likeness (QED) is 0.662. The van der Waals surface area contributed by atoms with Gasteiger partial charge in [0, 0.05) is 5.56 Å². The maximum Gasteiger partial charge on any atom is 0.252 e. The van der Waals surface area contributed by atoms with Gasteiger partial charge in [-0.15, -0.1) is 6.42 Å². The highest BCUT2D eigenvalue weighted by molar-refractivity contribution is 7.16. The average Bonchev–Trinajstić information content (AvgIpc) is 2.91. The topological polar surface area (TPSA) is 43.6 Å². The first-order valence-electron chi connectivity index (χ1n) is 7.95. The summed E-state index contributed by atoms with van der Waals surface area (Å²) in [5.41, 5.74) is 2.57. The second-order valence-corrected chi connectivity index (χ2v) is 6.79. The Morgan fingerprint density at radius 3 is 2.88 bits per heavy atom. The van der Waals surface area contributed by atoms with E-state index >= 15 is 0 Å².